The number of nitrogens with zero attached hydrogens (tertiary/aromatic N) is 4. The molecule has 132 valence electrons. The van der Waals surface area contributed by atoms with E-state index in [0.717, 1.165) is 23.6 Å². The van der Waals surface area contributed by atoms with E-state index in [1.165, 1.54) is 6.07 Å². The molecule has 0 N–H and O–H groups in total. The fourth-order valence-corrected chi connectivity index (χ4v) is 4.05. The summed E-state index contributed by atoms with van der Waals surface area (Å²) in [5, 5.41) is 9.04. The van der Waals surface area contributed by atoms with Gasteiger partial charge in [-0.05, 0) is 51.4 Å². The number of rotatable bonds is 2. The van der Waals surface area contributed by atoms with Crippen LogP contribution in [0.3, 0.4) is 0 Å². The lowest BCUT2D eigenvalue weighted by atomic mass is 9.75. The number of nitriles is 1. The molecule has 0 radical (unpaired) electrons. The van der Waals surface area contributed by atoms with Gasteiger partial charge in [0, 0.05) is 6.04 Å². The molecule has 1 spiro atoms. The minimum atomic E-state index is -4.75. The molecule has 0 unspecified atom stereocenters. The van der Waals surface area contributed by atoms with Crippen molar-refractivity contribution in [1.29, 1.82) is 5.26 Å². The average molecular weight is 368 g/mol. The summed E-state index contributed by atoms with van der Waals surface area (Å²) in [4.78, 5) is 19.5. The molecule has 0 atom stereocenters. The number of carbonyl (C=O) groups excluding carboxylic acids is 1. The van der Waals surface area contributed by atoms with E-state index in [-0.39, 0.29) is 22.7 Å². The fourth-order valence-electron chi connectivity index (χ4n) is 3.48. The summed E-state index contributed by atoms with van der Waals surface area (Å²) < 4.78 is 39.6. The van der Waals surface area contributed by atoms with E-state index in [1.54, 1.807) is 4.90 Å². The molecule has 0 bridgehead atoms. The number of alkyl halides is 3. The third-order valence-electron chi connectivity index (χ3n) is 4.70. The maximum absolute atomic E-state index is 13.2. The van der Waals surface area contributed by atoms with Gasteiger partial charge in [0.25, 0.3) is 5.91 Å². The highest BCUT2D eigenvalue weighted by molar-refractivity contribution is 7.80. The van der Waals surface area contributed by atoms with Crippen molar-refractivity contribution in [2.75, 3.05) is 4.90 Å². The van der Waals surface area contributed by atoms with Crippen LogP contribution < -0.4 is 4.90 Å². The molecule has 9 heteroatoms. The molecule has 1 saturated carbocycles. The summed E-state index contributed by atoms with van der Waals surface area (Å²) in [6.07, 6.45) is -1.55. The summed E-state index contributed by atoms with van der Waals surface area (Å²) in [5.74, 6) is -0.322. The minimum Gasteiger partial charge on any atom is -0.331 e. The number of hydrogen-bond acceptors (Lipinski definition) is 4. The van der Waals surface area contributed by atoms with Gasteiger partial charge in [0.2, 0.25) is 0 Å². The van der Waals surface area contributed by atoms with E-state index >= 15 is 0 Å². The van der Waals surface area contributed by atoms with Crippen LogP contribution in [0.15, 0.2) is 12.3 Å². The van der Waals surface area contributed by atoms with Gasteiger partial charge in [0.05, 0.1) is 17.4 Å². The van der Waals surface area contributed by atoms with E-state index in [2.05, 4.69) is 4.98 Å². The van der Waals surface area contributed by atoms with Gasteiger partial charge >= 0.3 is 6.18 Å². The molecule has 1 saturated heterocycles. The lowest BCUT2D eigenvalue weighted by Crippen LogP contribution is -2.57. The highest BCUT2D eigenvalue weighted by Crippen LogP contribution is 2.47. The van der Waals surface area contributed by atoms with Crippen molar-refractivity contribution in [3.05, 3.63) is 23.5 Å². The molecule has 3 rings (SSSR count). The summed E-state index contributed by atoms with van der Waals surface area (Å²) in [6.45, 7) is 3.78. The third-order valence-corrected chi connectivity index (χ3v) is 5.08. The molecule has 25 heavy (non-hydrogen) atoms. The van der Waals surface area contributed by atoms with E-state index < -0.39 is 23.0 Å². The molecule has 2 fully saturated rings. The van der Waals surface area contributed by atoms with Crippen LogP contribution in [0, 0.1) is 11.3 Å². The first-order chi connectivity index (χ1) is 11.6. The standard InChI is InChI=1S/C16H15F3N4OS/c1-9(2)23-14(25)22(13(24)15(23)4-3-5-15)10-6-11(16(17,18)19)12(7-20)21-8-10/h6,8-9H,3-5H2,1-2H3. The smallest absolute Gasteiger partial charge is 0.331 e. The third kappa shape index (κ3) is 2.47. The van der Waals surface area contributed by atoms with Gasteiger partial charge < -0.3 is 4.90 Å². The number of anilines is 1. The van der Waals surface area contributed by atoms with Gasteiger partial charge in [-0.3, -0.25) is 9.69 Å². The van der Waals surface area contributed by atoms with Crippen molar-refractivity contribution >= 4 is 28.9 Å². The van der Waals surface area contributed by atoms with Crippen LogP contribution in [0.25, 0.3) is 0 Å². The van der Waals surface area contributed by atoms with Crippen molar-refractivity contribution in [2.45, 2.75) is 50.9 Å². The second-order valence-electron chi connectivity index (χ2n) is 6.47. The van der Waals surface area contributed by atoms with Gasteiger partial charge in [-0.1, -0.05) is 0 Å². The lowest BCUT2D eigenvalue weighted by molar-refractivity contribution is -0.138. The maximum atomic E-state index is 13.2. The van der Waals surface area contributed by atoms with Crippen LogP contribution in [0.2, 0.25) is 0 Å². The van der Waals surface area contributed by atoms with Crippen LogP contribution in [0.5, 0.6) is 0 Å². The summed E-state index contributed by atoms with van der Waals surface area (Å²) in [6, 6.07) is 2.14. The summed E-state index contributed by atoms with van der Waals surface area (Å²) >= 11 is 5.40. The Morgan fingerprint density at radius 2 is 2.04 bits per heavy atom. The average Bonchev–Trinajstić information content (AvgIpc) is 2.73. The SMILES string of the molecule is CC(C)N1C(=S)N(c2cnc(C#N)c(C(F)(F)F)c2)C(=O)C12CCC2. The van der Waals surface area contributed by atoms with Crippen LogP contribution >= 0.6 is 12.2 Å². The Morgan fingerprint density at radius 3 is 2.44 bits per heavy atom. The first-order valence-electron chi connectivity index (χ1n) is 7.78. The normalized spacial score (nSPS) is 19.6. The lowest BCUT2D eigenvalue weighted by Gasteiger charge is -2.45. The predicted molar refractivity (Wildman–Crippen MR) is 87.6 cm³/mol. The zero-order valence-electron chi connectivity index (χ0n) is 13.6. The second-order valence-corrected chi connectivity index (χ2v) is 6.84. The quantitative estimate of drug-likeness (QED) is 0.750. The first kappa shape index (κ1) is 17.6. The Balaban J connectivity index is 2.10. The number of halogens is 3. The molecular weight excluding hydrogens is 353 g/mol. The van der Waals surface area contributed by atoms with Crippen LogP contribution in [0.4, 0.5) is 18.9 Å². The molecule has 1 aliphatic heterocycles. The topological polar surface area (TPSA) is 60.2 Å². The van der Waals surface area contributed by atoms with Crippen molar-refractivity contribution in [3.63, 3.8) is 0 Å². The van der Waals surface area contributed by atoms with E-state index in [4.69, 9.17) is 17.5 Å². The summed E-state index contributed by atoms with van der Waals surface area (Å²) in [5.41, 5.74) is -2.73. The number of thiocarbonyl (C=S) groups is 1. The largest absolute Gasteiger partial charge is 0.419 e. The zero-order valence-corrected chi connectivity index (χ0v) is 14.4. The first-order valence-corrected chi connectivity index (χ1v) is 8.19. The van der Waals surface area contributed by atoms with Gasteiger partial charge in [-0.25, -0.2) is 4.98 Å². The van der Waals surface area contributed by atoms with Crippen molar-refractivity contribution < 1.29 is 18.0 Å². The molecule has 1 aromatic rings. The van der Waals surface area contributed by atoms with Gasteiger partial charge in [0.1, 0.15) is 11.6 Å². The summed E-state index contributed by atoms with van der Waals surface area (Å²) in [7, 11) is 0. The Kier molecular flexibility index (Phi) is 3.99. The molecule has 2 aliphatic rings. The van der Waals surface area contributed by atoms with E-state index in [0.29, 0.717) is 12.8 Å². The monoisotopic (exact) mass is 368 g/mol. The number of aromatic nitrogens is 1. The number of carbonyl (C=O) groups is 1. The Bertz CT molecular complexity index is 796. The van der Waals surface area contributed by atoms with E-state index in [1.807, 2.05) is 13.8 Å². The van der Waals surface area contributed by atoms with Gasteiger partial charge in [-0.2, -0.15) is 18.4 Å². The fraction of sp³-hybridized carbons (Fsp3) is 0.500. The van der Waals surface area contributed by atoms with Crippen LogP contribution in [-0.4, -0.2) is 32.5 Å². The minimum absolute atomic E-state index is 0.0595. The van der Waals surface area contributed by atoms with Crippen molar-refractivity contribution in [1.82, 2.24) is 9.88 Å². The van der Waals surface area contributed by atoms with Crippen LogP contribution in [-0.2, 0) is 11.0 Å². The molecule has 1 aliphatic carbocycles. The highest BCUT2D eigenvalue weighted by atomic mass is 32.1. The highest BCUT2D eigenvalue weighted by Gasteiger charge is 2.59. The number of hydrogen-bond donors (Lipinski definition) is 0. The van der Waals surface area contributed by atoms with Gasteiger partial charge in [0.15, 0.2) is 10.8 Å². The van der Waals surface area contributed by atoms with Crippen molar-refractivity contribution in [3.8, 4) is 6.07 Å². The van der Waals surface area contributed by atoms with Crippen molar-refractivity contribution in [2.24, 2.45) is 0 Å². The molecular formula is C16H15F3N4OS. The molecule has 1 aromatic heterocycles. The zero-order chi connectivity index (χ0) is 18.6. The van der Waals surface area contributed by atoms with Crippen LogP contribution in [0.1, 0.15) is 44.4 Å². The number of amides is 1. The molecule has 1 amide bonds. The Hall–Kier alpha value is -2.21. The van der Waals surface area contributed by atoms with Gasteiger partial charge in [-0.15, -0.1) is 0 Å². The second kappa shape index (κ2) is 5.66. The predicted octanol–water partition coefficient (Wildman–Crippen LogP) is 3.24. The molecule has 2 heterocycles. The Labute approximate surface area is 148 Å². The molecule has 0 aromatic carbocycles. The van der Waals surface area contributed by atoms with E-state index in [9.17, 15) is 18.0 Å². The molecule has 5 nitrogen and oxygen atoms in total. The number of pyridine rings is 1. The Morgan fingerprint density at radius 1 is 1.40 bits per heavy atom. The maximum Gasteiger partial charge on any atom is 0.419 e.